The predicted molar refractivity (Wildman–Crippen MR) is 77.9 cm³/mol. The lowest BCUT2D eigenvalue weighted by atomic mass is 9.97. The van der Waals surface area contributed by atoms with Gasteiger partial charge in [-0.05, 0) is 66.5 Å². The minimum absolute atomic E-state index is 0.127. The van der Waals surface area contributed by atoms with Gasteiger partial charge in [0.1, 0.15) is 5.75 Å². The zero-order valence-electron chi connectivity index (χ0n) is 11.0. The molecule has 3 fully saturated rings. The first kappa shape index (κ1) is 12.3. The molecule has 3 heteroatoms. The maximum Gasteiger partial charge on any atom is 0.137 e. The lowest BCUT2D eigenvalue weighted by Crippen LogP contribution is -2.04. The number of hydrogen-bond donors (Lipinski definition) is 0. The normalized spacial score (nSPS) is 40.1. The van der Waals surface area contributed by atoms with Gasteiger partial charge in [0.2, 0.25) is 0 Å². The molecular formula is C16H18Cl2O. The van der Waals surface area contributed by atoms with Crippen LogP contribution in [0.4, 0.5) is 0 Å². The van der Waals surface area contributed by atoms with Crippen LogP contribution in [0.1, 0.15) is 30.2 Å². The van der Waals surface area contributed by atoms with Gasteiger partial charge in [0.15, 0.2) is 0 Å². The summed E-state index contributed by atoms with van der Waals surface area (Å²) in [7, 11) is 1.64. The van der Waals surface area contributed by atoms with Crippen LogP contribution in [-0.4, -0.2) is 7.11 Å². The Hall–Kier alpha value is -0.400. The van der Waals surface area contributed by atoms with E-state index in [1.807, 2.05) is 12.1 Å². The van der Waals surface area contributed by atoms with E-state index >= 15 is 0 Å². The van der Waals surface area contributed by atoms with Crippen LogP contribution >= 0.6 is 23.2 Å². The van der Waals surface area contributed by atoms with Crippen molar-refractivity contribution >= 4 is 23.2 Å². The molecule has 3 aliphatic carbocycles. The lowest BCUT2D eigenvalue weighted by molar-refractivity contribution is 0.414. The van der Waals surface area contributed by atoms with Crippen LogP contribution in [0.25, 0.3) is 0 Å². The minimum atomic E-state index is 0.127. The molecule has 4 rings (SSSR count). The largest absolute Gasteiger partial charge is 0.495 e. The monoisotopic (exact) mass is 296 g/mol. The van der Waals surface area contributed by atoms with E-state index in [0.29, 0.717) is 10.9 Å². The molecule has 0 N–H and O–H groups in total. The topological polar surface area (TPSA) is 9.23 Å². The molecule has 3 aliphatic rings. The number of benzene rings is 1. The zero-order valence-corrected chi connectivity index (χ0v) is 12.5. The Morgan fingerprint density at radius 1 is 1.21 bits per heavy atom. The Bertz CT molecular complexity index is 499. The molecule has 0 radical (unpaired) electrons. The van der Waals surface area contributed by atoms with Crippen molar-refractivity contribution in [2.45, 2.75) is 24.6 Å². The summed E-state index contributed by atoms with van der Waals surface area (Å²) in [6.45, 7) is 0. The number of ether oxygens (including phenoxy) is 1. The third-order valence-corrected chi connectivity index (χ3v) is 6.47. The first-order valence-corrected chi connectivity index (χ1v) is 7.99. The molecule has 0 heterocycles. The number of methoxy groups -OCH3 is 1. The number of rotatable bonds is 3. The van der Waals surface area contributed by atoms with Crippen molar-refractivity contribution in [3.8, 4) is 5.75 Å². The van der Waals surface area contributed by atoms with Crippen LogP contribution < -0.4 is 4.74 Å². The lowest BCUT2D eigenvalue weighted by Gasteiger charge is -2.15. The van der Waals surface area contributed by atoms with Gasteiger partial charge < -0.3 is 4.74 Å². The third-order valence-electron chi connectivity index (χ3n) is 5.63. The Kier molecular flexibility index (Phi) is 2.79. The van der Waals surface area contributed by atoms with Gasteiger partial charge in [-0.2, -0.15) is 0 Å². The highest BCUT2D eigenvalue weighted by Crippen LogP contribution is 2.73. The molecule has 1 aromatic rings. The van der Waals surface area contributed by atoms with E-state index < -0.39 is 0 Å². The Morgan fingerprint density at radius 2 is 1.89 bits per heavy atom. The van der Waals surface area contributed by atoms with Crippen LogP contribution in [0.3, 0.4) is 0 Å². The first-order chi connectivity index (χ1) is 9.20. The molecule has 5 unspecified atom stereocenters. The summed E-state index contributed by atoms with van der Waals surface area (Å²) in [5.41, 5.74) is 1.16. The van der Waals surface area contributed by atoms with Gasteiger partial charge in [0.25, 0.3) is 0 Å². The van der Waals surface area contributed by atoms with Crippen molar-refractivity contribution in [2.75, 3.05) is 7.11 Å². The van der Waals surface area contributed by atoms with Gasteiger partial charge in [0, 0.05) is 0 Å². The molecule has 0 aromatic heterocycles. The van der Waals surface area contributed by atoms with Crippen molar-refractivity contribution in [3.63, 3.8) is 0 Å². The molecule has 1 nitrogen and oxygen atoms in total. The summed E-state index contributed by atoms with van der Waals surface area (Å²) < 4.78 is 5.20. The summed E-state index contributed by atoms with van der Waals surface area (Å²) in [4.78, 5) is 0. The number of alkyl halides is 1. The zero-order chi connectivity index (χ0) is 13.1. The maximum absolute atomic E-state index is 6.73. The van der Waals surface area contributed by atoms with E-state index in [2.05, 4.69) is 6.07 Å². The molecule has 3 saturated carbocycles. The second-order valence-corrected chi connectivity index (χ2v) is 7.24. The Balaban J connectivity index is 1.56. The molecule has 0 aliphatic heterocycles. The quantitative estimate of drug-likeness (QED) is 0.719. The molecule has 2 bridgehead atoms. The van der Waals surface area contributed by atoms with Gasteiger partial charge in [0.05, 0.1) is 17.5 Å². The SMILES string of the molecule is COc1ccc(C(Cl)C2C3C4CCC(C4)C32)cc1Cl. The molecular weight excluding hydrogens is 279 g/mol. The van der Waals surface area contributed by atoms with E-state index in [-0.39, 0.29) is 5.38 Å². The number of fused-ring (bicyclic) bond motifs is 5. The van der Waals surface area contributed by atoms with Crippen molar-refractivity contribution in [2.24, 2.45) is 29.6 Å². The van der Waals surface area contributed by atoms with Crippen LogP contribution in [0.15, 0.2) is 18.2 Å². The fourth-order valence-electron chi connectivity index (χ4n) is 4.86. The van der Waals surface area contributed by atoms with Gasteiger partial charge >= 0.3 is 0 Å². The predicted octanol–water partition coefficient (Wildman–Crippen LogP) is 4.92. The highest BCUT2D eigenvalue weighted by molar-refractivity contribution is 6.32. The minimum Gasteiger partial charge on any atom is -0.495 e. The van der Waals surface area contributed by atoms with Crippen LogP contribution in [0, 0.1) is 29.6 Å². The summed E-state index contributed by atoms with van der Waals surface area (Å²) in [6, 6.07) is 5.98. The molecule has 102 valence electrons. The number of halogens is 2. The van der Waals surface area contributed by atoms with E-state index in [9.17, 15) is 0 Å². The van der Waals surface area contributed by atoms with E-state index in [4.69, 9.17) is 27.9 Å². The van der Waals surface area contributed by atoms with E-state index in [1.165, 1.54) is 19.3 Å². The summed E-state index contributed by atoms with van der Waals surface area (Å²) in [5, 5.41) is 0.793. The molecule has 0 saturated heterocycles. The average Bonchev–Trinajstić information content (AvgIpc) is 2.85. The molecule has 19 heavy (non-hydrogen) atoms. The summed E-state index contributed by atoms with van der Waals surface area (Å²) >= 11 is 12.9. The van der Waals surface area contributed by atoms with Crippen LogP contribution in [0.2, 0.25) is 5.02 Å². The second kappa shape index (κ2) is 4.30. The fourth-order valence-corrected chi connectivity index (χ4v) is 5.60. The van der Waals surface area contributed by atoms with Crippen molar-refractivity contribution in [1.82, 2.24) is 0 Å². The first-order valence-electron chi connectivity index (χ1n) is 7.18. The van der Waals surface area contributed by atoms with Gasteiger partial charge in [-0.1, -0.05) is 17.7 Å². The van der Waals surface area contributed by atoms with Gasteiger partial charge in [-0.25, -0.2) is 0 Å². The standard InChI is InChI=1S/C16H18Cl2O/c1-19-12-5-4-10(7-11(12)17)16(18)15-13-8-2-3-9(6-8)14(13)15/h4-5,7-9,13-16H,2-3,6H2,1H3. The number of hydrogen-bond acceptors (Lipinski definition) is 1. The van der Waals surface area contributed by atoms with Crippen molar-refractivity contribution < 1.29 is 4.74 Å². The molecule has 0 amide bonds. The van der Waals surface area contributed by atoms with Crippen LogP contribution in [-0.2, 0) is 0 Å². The van der Waals surface area contributed by atoms with Crippen molar-refractivity contribution in [1.29, 1.82) is 0 Å². The molecule has 0 spiro atoms. The highest BCUT2D eigenvalue weighted by atomic mass is 35.5. The summed E-state index contributed by atoms with van der Waals surface area (Å²) in [6.07, 6.45) is 4.35. The van der Waals surface area contributed by atoms with Gasteiger partial charge in [-0.3, -0.25) is 0 Å². The Morgan fingerprint density at radius 3 is 2.47 bits per heavy atom. The molecule has 1 aromatic carbocycles. The van der Waals surface area contributed by atoms with Crippen LogP contribution in [0.5, 0.6) is 5.75 Å². The second-order valence-electron chi connectivity index (χ2n) is 6.36. The van der Waals surface area contributed by atoms with E-state index in [0.717, 1.165) is 35.0 Å². The van der Waals surface area contributed by atoms with E-state index in [1.54, 1.807) is 7.11 Å². The average molecular weight is 297 g/mol. The highest BCUT2D eigenvalue weighted by Gasteiger charge is 2.66. The third kappa shape index (κ3) is 1.74. The Labute approximate surface area is 124 Å². The fraction of sp³-hybridized carbons (Fsp3) is 0.625. The van der Waals surface area contributed by atoms with Crippen molar-refractivity contribution in [3.05, 3.63) is 28.8 Å². The van der Waals surface area contributed by atoms with Gasteiger partial charge in [-0.15, -0.1) is 11.6 Å². The molecule has 5 atom stereocenters. The smallest absolute Gasteiger partial charge is 0.137 e. The summed E-state index contributed by atoms with van der Waals surface area (Å²) in [5.74, 6) is 5.16. The maximum atomic E-state index is 6.73.